The van der Waals surface area contributed by atoms with Crippen molar-refractivity contribution in [2.45, 2.75) is 76.8 Å². The predicted octanol–water partition coefficient (Wildman–Crippen LogP) is 3.45. The molecule has 7 nitrogen and oxygen atoms in total. The first-order valence-corrected chi connectivity index (χ1v) is 11.3. The fourth-order valence-electron chi connectivity index (χ4n) is 4.64. The molecule has 4 rings (SSSR count). The molecule has 0 spiro atoms. The van der Waals surface area contributed by atoms with Gasteiger partial charge in [0.2, 0.25) is 5.91 Å². The molecule has 0 radical (unpaired) electrons. The maximum Gasteiger partial charge on any atom is 0.420 e. The second-order valence-electron chi connectivity index (χ2n) is 8.60. The molecular weight excluding hydrogens is 382 g/mol. The summed E-state index contributed by atoms with van der Waals surface area (Å²) in [6.45, 7) is 1.43. The lowest BCUT2D eigenvalue weighted by atomic mass is 9.97. The van der Waals surface area contributed by atoms with E-state index in [1.165, 1.54) is 23.8 Å². The average Bonchev–Trinajstić information content (AvgIpc) is 3.04. The molecule has 0 unspecified atom stereocenters. The summed E-state index contributed by atoms with van der Waals surface area (Å²) in [5.74, 6) is -0.783. The molecule has 0 atom stereocenters. The molecule has 1 aliphatic heterocycles. The monoisotopic (exact) mass is 413 g/mol. The minimum Gasteiger partial charge on any atom is -0.408 e. The Kier molecular flexibility index (Phi) is 6.55. The van der Waals surface area contributed by atoms with Gasteiger partial charge in [-0.25, -0.2) is 4.79 Å². The normalized spacial score (nSPS) is 18.7. The highest BCUT2D eigenvalue weighted by atomic mass is 16.4. The van der Waals surface area contributed by atoms with Crippen LogP contribution in [0.4, 0.5) is 0 Å². The minimum atomic E-state index is -0.569. The zero-order valence-corrected chi connectivity index (χ0v) is 17.5. The van der Waals surface area contributed by atoms with Crippen molar-refractivity contribution in [1.29, 1.82) is 0 Å². The third-order valence-electron chi connectivity index (χ3n) is 6.33. The molecule has 1 N–H and O–H groups in total. The second kappa shape index (κ2) is 9.49. The van der Waals surface area contributed by atoms with E-state index in [2.05, 4.69) is 5.32 Å². The molecule has 1 saturated heterocycles. The van der Waals surface area contributed by atoms with Gasteiger partial charge in [-0.1, -0.05) is 32.1 Å². The molecule has 162 valence electrons. The van der Waals surface area contributed by atoms with Gasteiger partial charge in [0, 0.05) is 24.7 Å². The summed E-state index contributed by atoms with van der Waals surface area (Å²) < 4.78 is 6.64. The molecule has 1 aromatic heterocycles. The van der Waals surface area contributed by atoms with Crippen LogP contribution in [0, 0.1) is 0 Å². The summed E-state index contributed by atoms with van der Waals surface area (Å²) in [6.07, 6.45) is 11.1. The number of aromatic nitrogens is 1. The lowest BCUT2D eigenvalue weighted by molar-refractivity contribution is -0.122. The molecule has 2 heterocycles. The number of likely N-dealkylation sites (tertiary alicyclic amines) is 1. The van der Waals surface area contributed by atoms with Gasteiger partial charge in [-0.3, -0.25) is 14.2 Å². The first-order valence-electron chi connectivity index (χ1n) is 11.3. The molecule has 2 fully saturated rings. The van der Waals surface area contributed by atoms with Crippen LogP contribution in [0.2, 0.25) is 0 Å². The van der Waals surface area contributed by atoms with Crippen LogP contribution in [0.3, 0.4) is 0 Å². The van der Waals surface area contributed by atoms with Crippen molar-refractivity contribution >= 4 is 22.9 Å². The number of rotatable bonds is 4. The number of hydrogen-bond acceptors (Lipinski definition) is 4. The van der Waals surface area contributed by atoms with Crippen molar-refractivity contribution in [1.82, 2.24) is 14.8 Å². The van der Waals surface area contributed by atoms with Crippen LogP contribution in [0.1, 0.15) is 74.6 Å². The van der Waals surface area contributed by atoms with Gasteiger partial charge in [-0.2, -0.15) is 0 Å². The molecular formula is C23H31N3O4. The number of carbonyl (C=O) groups is 2. The number of fused-ring (bicyclic) bond motifs is 1. The van der Waals surface area contributed by atoms with E-state index in [-0.39, 0.29) is 24.4 Å². The van der Waals surface area contributed by atoms with Crippen molar-refractivity contribution in [2.75, 3.05) is 13.1 Å². The molecule has 1 aromatic carbocycles. The van der Waals surface area contributed by atoms with E-state index in [1.807, 2.05) is 4.90 Å². The van der Waals surface area contributed by atoms with Crippen LogP contribution in [-0.2, 0) is 11.3 Å². The van der Waals surface area contributed by atoms with Crippen LogP contribution >= 0.6 is 0 Å². The van der Waals surface area contributed by atoms with Gasteiger partial charge in [0.15, 0.2) is 5.58 Å². The van der Waals surface area contributed by atoms with Crippen molar-refractivity contribution in [3.8, 4) is 0 Å². The van der Waals surface area contributed by atoms with E-state index >= 15 is 0 Å². The number of hydrogen-bond donors (Lipinski definition) is 1. The minimum absolute atomic E-state index is 0.0317. The molecule has 1 saturated carbocycles. The topological polar surface area (TPSA) is 84.5 Å². The molecule has 0 bridgehead atoms. The lowest BCUT2D eigenvalue weighted by Crippen LogP contribution is -2.38. The fourth-order valence-corrected chi connectivity index (χ4v) is 4.64. The number of carbonyl (C=O) groups excluding carboxylic acids is 2. The Morgan fingerprint density at radius 2 is 1.63 bits per heavy atom. The Morgan fingerprint density at radius 1 is 0.967 bits per heavy atom. The van der Waals surface area contributed by atoms with Gasteiger partial charge in [0.25, 0.3) is 5.91 Å². The first-order chi connectivity index (χ1) is 14.6. The third kappa shape index (κ3) is 4.77. The summed E-state index contributed by atoms with van der Waals surface area (Å²) >= 11 is 0. The van der Waals surface area contributed by atoms with Crippen LogP contribution in [-0.4, -0.2) is 40.4 Å². The maximum absolute atomic E-state index is 12.8. The summed E-state index contributed by atoms with van der Waals surface area (Å²) in [4.78, 5) is 39.7. The van der Waals surface area contributed by atoms with E-state index < -0.39 is 5.76 Å². The molecule has 2 aliphatic rings. The van der Waals surface area contributed by atoms with Crippen molar-refractivity contribution in [2.24, 2.45) is 0 Å². The second-order valence-corrected chi connectivity index (χ2v) is 8.60. The summed E-state index contributed by atoms with van der Waals surface area (Å²) in [6, 6.07) is 5.20. The van der Waals surface area contributed by atoms with Gasteiger partial charge in [-0.05, 0) is 50.3 Å². The summed E-state index contributed by atoms with van der Waals surface area (Å²) in [5, 5.41) is 3.09. The van der Waals surface area contributed by atoms with Gasteiger partial charge in [0.05, 0.1) is 5.52 Å². The average molecular weight is 414 g/mol. The highest BCUT2D eigenvalue weighted by Crippen LogP contribution is 2.20. The summed E-state index contributed by atoms with van der Waals surface area (Å²) in [5.41, 5.74) is 1.42. The van der Waals surface area contributed by atoms with Gasteiger partial charge < -0.3 is 14.6 Å². The maximum atomic E-state index is 12.8. The zero-order valence-electron chi connectivity index (χ0n) is 17.5. The van der Waals surface area contributed by atoms with Crippen molar-refractivity contribution < 1.29 is 14.0 Å². The molecule has 7 heteroatoms. The number of nitrogens with zero attached hydrogens (tertiary/aromatic N) is 2. The highest BCUT2D eigenvalue weighted by Gasteiger charge is 2.21. The van der Waals surface area contributed by atoms with Crippen LogP contribution < -0.4 is 11.1 Å². The largest absolute Gasteiger partial charge is 0.420 e. The number of amides is 2. The number of benzene rings is 1. The molecule has 1 aliphatic carbocycles. The SMILES string of the molecule is O=C(Cn1c(=O)oc2ccc(C(=O)N3CCCCC3)cc21)NC1CCCCCCC1. The van der Waals surface area contributed by atoms with Gasteiger partial charge in [-0.15, -0.1) is 0 Å². The Labute approximate surface area is 176 Å². The van der Waals surface area contributed by atoms with E-state index in [0.717, 1.165) is 58.0 Å². The molecule has 30 heavy (non-hydrogen) atoms. The zero-order chi connectivity index (χ0) is 20.9. The lowest BCUT2D eigenvalue weighted by Gasteiger charge is -2.26. The first kappa shape index (κ1) is 20.7. The number of oxazole rings is 1. The standard InChI is InChI=1S/C23H31N3O4/c27-21(24-18-9-5-2-1-3-6-10-18)16-26-19-15-17(11-12-20(19)30-23(26)29)22(28)25-13-7-4-8-14-25/h11-12,15,18H,1-10,13-14,16H2,(H,24,27). The van der Waals surface area contributed by atoms with E-state index in [9.17, 15) is 14.4 Å². The Bertz CT molecular complexity index is 947. The number of nitrogens with one attached hydrogen (secondary N) is 1. The summed E-state index contributed by atoms with van der Waals surface area (Å²) in [7, 11) is 0. The van der Waals surface area contributed by atoms with Crippen molar-refractivity contribution in [3.05, 3.63) is 34.3 Å². The molecule has 2 amide bonds. The smallest absolute Gasteiger partial charge is 0.408 e. The van der Waals surface area contributed by atoms with Gasteiger partial charge >= 0.3 is 5.76 Å². The molecule has 2 aromatic rings. The third-order valence-corrected chi connectivity index (χ3v) is 6.33. The Hall–Kier alpha value is -2.57. The van der Waals surface area contributed by atoms with E-state index in [4.69, 9.17) is 4.42 Å². The van der Waals surface area contributed by atoms with Crippen LogP contribution in [0.5, 0.6) is 0 Å². The van der Waals surface area contributed by atoms with Crippen LogP contribution in [0.25, 0.3) is 11.1 Å². The number of piperidine rings is 1. The van der Waals surface area contributed by atoms with Crippen LogP contribution in [0.15, 0.2) is 27.4 Å². The van der Waals surface area contributed by atoms with Crippen molar-refractivity contribution in [3.63, 3.8) is 0 Å². The van der Waals surface area contributed by atoms with E-state index in [0.29, 0.717) is 16.7 Å². The fraction of sp³-hybridized carbons (Fsp3) is 0.609. The quantitative estimate of drug-likeness (QED) is 0.832. The van der Waals surface area contributed by atoms with E-state index in [1.54, 1.807) is 18.2 Å². The highest BCUT2D eigenvalue weighted by molar-refractivity contribution is 5.97. The Balaban J connectivity index is 1.50. The van der Waals surface area contributed by atoms with Gasteiger partial charge in [0.1, 0.15) is 6.54 Å². The predicted molar refractivity (Wildman–Crippen MR) is 114 cm³/mol. The Morgan fingerprint density at radius 3 is 2.37 bits per heavy atom.